The highest BCUT2D eigenvalue weighted by atomic mass is 35.5. The first kappa shape index (κ1) is 24.1. The number of amides is 2. The standard InChI is InChI=1S/C24H21Cl2N3O4/c1-15-3-9-19(12-20(15)26)28-23(30)24(31)29-27-13-17-6-10-21(22(11-17)32-2)33-14-16-4-7-18(25)8-5-16/h3-13H,14H2,1-2H3,(H,28,30)(H,29,31)/b27-13+. The van der Waals surface area contributed by atoms with Crippen LogP contribution in [0.1, 0.15) is 16.7 Å². The Labute approximate surface area is 201 Å². The molecule has 3 aromatic rings. The van der Waals surface area contributed by atoms with Gasteiger partial charge in [-0.15, -0.1) is 0 Å². The van der Waals surface area contributed by atoms with Gasteiger partial charge in [0.05, 0.1) is 13.3 Å². The van der Waals surface area contributed by atoms with Crippen molar-refractivity contribution in [1.82, 2.24) is 5.43 Å². The maximum absolute atomic E-state index is 12.0. The van der Waals surface area contributed by atoms with Gasteiger partial charge < -0.3 is 14.8 Å². The molecule has 0 aliphatic rings. The lowest BCUT2D eigenvalue weighted by atomic mass is 10.2. The lowest BCUT2D eigenvalue weighted by Crippen LogP contribution is -2.32. The molecule has 2 N–H and O–H groups in total. The lowest BCUT2D eigenvalue weighted by molar-refractivity contribution is -0.136. The predicted octanol–water partition coefficient (Wildman–Crippen LogP) is 4.98. The molecule has 7 nitrogen and oxygen atoms in total. The van der Waals surface area contributed by atoms with E-state index in [9.17, 15) is 9.59 Å². The summed E-state index contributed by atoms with van der Waals surface area (Å²) in [6.07, 6.45) is 1.39. The summed E-state index contributed by atoms with van der Waals surface area (Å²) in [5, 5.41) is 7.43. The van der Waals surface area contributed by atoms with Crippen molar-refractivity contribution in [3.63, 3.8) is 0 Å². The molecule has 0 atom stereocenters. The van der Waals surface area contributed by atoms with Crippen LogP contribution in [0.5, 0.6) is 11.5 Å². The van der Waals surface area contributed by atoms with Gasteiger partial charge in [0, 0.05) is 15.7 Å². The normalized spacial score (nSPS) is 10.7. The second kappa shape index (κ2) is 11.4. The van der Waals surface area contributed by atoms with Crippen LogP contribution in [0.15, 0.2) is 65.8 Å². The van der Waals surface area contributed by atoms with Gasteiger partial charge in [0.15, 0.2) is 11.5 Å². The summed E-state index contributed by atoms with van der Waals surface area (Å²) in [6.45, 7) is 2.18. The molecule has 0 unspecified atom stereocenters. The third-order valence-corrected chi connectivity index (χ3v) is 5.17. The van der Waals surface area contributed by atoms with Gasteiger partial charge in [-0.25, -0.2) is 5.43 Å². The number of methoxy groups -OCH3 is 1. The van der Waals surface area contributed by atoms with E-state index in [-0.39, 0.29) is 0 Å². The highest BCUT2D eigenvalue weighted by molar-refractivity contribution is 6.39. The molecule has 0 aliphatic carbocycles. The zero-order valence-corrected chi connectivity index (χ0v) is 19.4. The van der Waals surface area contributed by atoms with Crippen LogP contribution in [0.2, 0.25) is 10.0 Å². The minimum atomic E-state index is -0.919. The highest BCUT2D eigenvalue weighted by Gasteiger charge is 2.13. The Morgan fingerprint density at radius 1 is 0.970 bits per heavy atom. The van der Waals surface area contributed by atoms with E-state index in [1.54, 1.807) is 48.5 Å². The van der Waals surface area contributed by atoms with E-state index in [1.165, 1.54) is 13.3 Å². The Bertz CT molecular complexity index is 1180. The van der Waals surface area contributed by atoms with Gasteiger partial charge in [-0.3, -0.25) is 9.59 Å². The second-order valence-corrected chi connectivity index (χ2v) is 7.79. The third-order valence-electron chi connectivity index (χ3n) is 4.51. The van der Waals surface area contributed by atoms with Gasteiger partial charge in [0.1, 0.15) is 6.61 Å². The number of ether oxygens (including phenoxy) is 2. The number of aryl methyl sites for hydroxylation is 1. The van der Waals surface area contributed by atoms with Gasteiger partial charge >= 0.3 is 11.8 Å². The van der Waals surface area contributed by atoms with Crippen LogP contribution in [0.3, 0.4) is 0 Å². The molecule has 0 aliphatic heterocycles. The van der Waals surface area contributed by atoms with E-state index in [0.717, 1.165) is 11.1 Å². The number of anilines is 1. The summed E-state index contributed by atoms with van der Waals surface area (Å²) in [5.41, 5.74) is 5.05. The molecule has 3 aromatic carbocycles. The van der Waals surface area contributed by atoms with Crippen molar-refractivity contribution in [2.24, 2.45) is 5.10 Å². The number of halogens is 2. The predicted molar refractivity (Wildman–Crippen MR) is 129 cm³/mol. The fraction of sp³-hybridized carbons (Fsp3) is 0.125. The fourth-order valence-corrected chi connectivity index (χ4v) is 3.01. The number of rotatable bonds is 7. The van der Waals surface area contributed by atoms with Crippen LogP contribution in [-0.4, -0.2) is 25.1 Å². The van der Waals surface area contributed by atoms with E-state index in [0.29, 0.717) is 39.4 Å². The van der Waals surface area contributed by atoms with E-state index in [1.807, 2.05) is 19.1 Å². The van der Waals surface area contributed by atoms with Crippen LogP contribution in [0.25, 0.3) is 0 Å². The quantitative estimate of drug-likeness (QED) is 0.280. The Kier molecular flexibility index (Phi) is 8.29. The van der Waals surface area contributed by atoms with Crippen LogP contribution >= 0.6 is 23.2 Å². The van der Waals surface area contributed by atoms with E-state index < -0.39 is 11.8 Å². The summed E-state index contributed by atoms with van der Waals surface area (Å²) in [6, 6.07) is 17.5. The van der Waals surface area contributed by atoms with E-state index in [4.69, 9.17) is 32.7 Å². The molecule has 0 aromatic heterocycles. The summed E-state index contributed by atoms with van der Waals surface area (Å²) in [5.74, 6) is -0.744. The largest absolute Gasteiger partial charge is 0.493 e. The summed E-state index contributed by atoms with van der Waals surface area (Å²) in [4.78, 5) is 24.0. The lowest BCUT2D eigenvalue weighted by Gasteiger charge is -2.11. The Morgan fingerprint density at radius 2 is 1.73 bits per heavy atom. The molecule has 0 bridgehead atoms. The molecule has 0 saturated heterocycles. The maximum Gasteiger partial charge on any atom is 0.329 e. The van der Waals surface area contributed by atoms with Crippen LogP contribution in [0.4, 0.5) is 5.69 Å². The van der Waals surface area contributed by atoms with Gasteiger partial charge in [0.2, 0.25) is 0 Å². The molecule has 9 heteroatoms. The molecule has 0 spiro atoms. The molecule has 0 fully saturated rings. The van der Waals surface area contributed by atoms with Crippen LogP contribution in [0, 0.1) is 6.92 Å². The van der Waals surface area contributed by atoms with Crippen molar-refractivity contribution < 1.29 is 19.1 Å². The molecule has 0 radical (unpaired) electrons. The number of hydrogen-bond acceptors (Lipinski definition) is 5. The van der Waals surface area contributed by atoms with Gasteiger partial charge in [-0.2, -0.15) is 5.10 Å². The first-order valence-corrected chi connectivity index (χ1v) is 10.6. The topological polar surface area (TPSA) is 89.0 Å². The minimum absolute atomic E-state index is 0.346. The van der Waals surface area contributed by atoms with E-state index in [2.05, 4.69) is 15.8 Å². The highest BCUT2D eigenvalue weighted by Crippen LogP contribution is 2.28. The van der Waals surface area contributed by atoms with Crippen molar-refractivity contribution in [2.75, 3.05) is 12.4 Å². The van der Waals surface area contributed by atoms with Crippen LogP contribution in [-0.2, 0) is 16.2 Å². The SMILES string of the molecule is COc1cc(/C=N/NC(=O)C(=O)Nc2ccc(C)c(Cl)c2)ccc1OCc1ccc(Cl)cc1. The van der Waals surface area contributed by atoms with Gasteiger partial charge in [-0.1, -0.05) is 41.4 Å². The van der Waals surface area contributed by atoms with Crippen molar-refractivity contribution in [1.29, 1.82) is 0 Å². The summed E-state index contributed by atoms with van der Waals surface area (Å²) < 4.78 is 11.2. The molecular formula is C24H21Cl2N3O4. The molecule has 170 valence electrons. The van der Waals surface area contributed by atoms with Crippen molar-refractivity contribution in [3.8, 4) is 11.5 Å². The zero-order valence-electron chi connectivity index (χ0n) is 17.9. The first-order chi connectivity index (χ1) is 15.9. The molecule has 0 heterocycles. The first-order valence-electron chi connectivity index (χ1n) is 9.81. The summed E-state index contributed by atoms with van der Waals surface area (Å²) in [7, 11) is 1.52. The number of nitrogens with one attached hydrogen (secondary N) is 2. The molecule has 33 heavy (non-hydrogen) atoms. The average molecular weight is 486 g/mol. The molecular weight excluding hydrogens is 465 g/mol. The molecule has 0 saturated carbocycles. The van der Waals surface area contributed by atoms with E-state index >= 15 is 0 Å². The van der Waals surface area contributed by atoms with Crippen molar-refractivity contribution in [3.05, 3.63) is 87.4 Å². The molecule has 2 amide bonds. The Hall–Kier alpha value is -3.55. The third kappa shape index (κ3) is 6.97. The number of hydrogen-bond donors (Lipinski definition) is 2. The number of hydrazone groups is 1. The summed E-state index contributed by atoms with van der Waals surface area (Å²) >= 11 is 11.9. The number of benzene rings is 3. The number of carbonyl (C=O) groups excluding carboxylic acids is 2. The van der Waals surface area contributed by atoms with Crippen molar-refractivity contribution >= 4 is 46.9 Å². The zero-order chi connectivity index (χ0) is 23.8. The smallest absolute Gasteiger partial charge is 0.329 e. The Morgan fingerprint density at radius 3 is 2.42 bits per heavy atom. The minimum Gasteiger partial charge on any atom is -0.493 e. The maximum atomic E-state index is 12.0. The monoisotopic (exact) mass is 485 g/mol. The number of carbonyl (C=O) groups is 2. The van der Waals surface area contributed by atoms with Gasteiger partial charge in [-0.05, 0) is 66.1 Å². The molecule has 3 rings (SSSR count). The second-order valence-electron chi connectivity index (χ2n) is 6.94. The average Bonchev–Trinajstić information content (AvgIpc) is 2.81. The van der Waals surface area contributed by atoms with Crippen LogP contribution < -0.4 is 20.2 Å². The number of nitrogens with zero attached hydrogens (tertiary/aromatic N) is 1. The fourth-order valence-electron chi connectivity index (χ4n) is 2.70. The van der Waals surface area contributed by atoms with Gasteiger partial charge in [0.25, 0.3) is 0 Å². The Balaban J connectivity index is 1.56. The van der Waals surface area contributed by atoms with Crippen molar-refractivity contribution in [2.45, 2.75) is 13.5 Å².